The lowest BCUT2D eigenvalue weighted by Crippen LogP contribution is -1.83. The van der Waals surface area contributed by atoms with E-state index >= 15 is 0 Å². The van der Waals surface area contributed by atoms with Gasteiger partial charge in [0, 0.05) is 10.5 Å². The van der Waals surface area contributed by atoms with Crippen LogP contribution in [0, 0.1) is 0 Å². The number of benzene rings is 1. The van der Waals surface area contributed by atoms with Gasteiger partial charge in [-0.1, -0.05) is 19.1 Å². The second-order valence-electron chi connectivity index (χ2n) is 3.37. The number of imidazole rings is 1. The van der Waals surface area contributed by atoms with Gasteiger partial charge in [-0.3, -0.25) is 0 Å². The van der Waals surface area contributed by atoms with Gasteiger partial charge in [-0.15, -0.1) is 11.8 Å². The van der Waals surface area contributed by atoms with Gasteiger partial charge in [-0.05, 0) is 17.9 Å². The minimum atomic E-state index is -0.00320. The highest BCUT2D eigenvalue weighted by atomic mass is 32.2. The second kappa shape index (κ2) is 5.18. The van der Waals surface area contributed by atoms with E-state index in [1.807, 2.05) is 23.9 Å². The maximum atomic E-state index is 8.94. The van der Waals surface area contributed by atoms with Crippen molar-refractivity contribution in [1.82, 2.24) is 9.97 Å². The number of H-pyrrole nitrogens is 1. The van der Waals surface area contributed by atoms with Crippen LogP contribution in [0.5, 0.6) is 0 Å². The first-order valence-electron chi connectivity index (χ1n) is 5.21. The lowest BCUT2D eigenvalue weighted by molar-refractivity contribution is 0.277. The SMILES string of the molecule is CCSc1ccc(-c2ncc(CO)[nH]2)cc1. The third kappa shape index (κ3) is 2.46. The topological polar surface area (TPSA) is 48.9 Å². The Morgan fingerprint density at radius 3 is 2.62 bits per heavy atom. The molecule has 0 spiro atoms. The molecule has 16 heavy (non-hydrogen) atoms. The molecule has 1 aromatic heterocycles. The van der Waals surface area contributed by atoms with Crippen LogP contribution in [-0.4, -0.2) is 20.8 Å². The van der Waals surface area contributed by atoms with Crippen molar-refractivity contribution in [3.8, 4) is 11.4 Å². The highest BCUT2D eigenvalue weighted by molar-refractivity contribution is 7.99. The van der Waals surface area contributed by atoms with E-state index in [-0.39, 0.29) is 6.61 Å². The van der Waals surface area contributed by atoms with Crippen LogP contribution < -0.4 is 0 Å². The molecule has 0 unspecified atom stereocenters. The number of nitrogens with zero attached hydrogens (tertiary/aromatic N) is 1. The molecular weight excluding hydrogens is 220 g/mol. The third-order valence-corrected chi connectivity index (χ3v) is 3.13. The van der Waals surface area contributed by atoms with E-state index in [0.29, 0.717) is 0 Å². The van der Waals surface area contributed by atoms with Crippen molar-refractivity contribution in [2.24, 2.45) is 0 Å². The van der Waals surface area contributed by atoms with Crippen LogP contribution >= 0.6 is 11.8 Å². The molecule has 84 valence electrons. The number of thioether (sulfide) groups is 1. The first kappa shape index (κ1) is 11.2. The largest absolute Gasteiger partial charge is 0.390 e. The summed E-state index contributed by atoms with van der Waals surface area (Å²) in [6.07, 6.45) is 1.66. The molecule has 0 saturated carbocycles. The summed E-state index contributed by atoms with van der Waals surface area (Å²) in [4.78, 5) is 8.54. The summed E-state index contributed by atoms with van der Waals surface area (Å²) in [5, 5.41) is 8.94. The van der Waals surface area contributed by atoms with E-state index in [4.69, 9.17) is 5.11 Å². The lowest BCUT2D eigenvalue weighted by Gasteiger charge is -2.00. The molecule has 0 amide bonds. The molecule has 0 fully saturated rings. The van der Waals surface area contributed by atoms with Crippen molar-refractivity contribution in [3.63, 3.8) is 0 Å². The number of aliphatic hydroxyl groups is 1. The highest BCUT2D eigenvalue weighted by Crippen LogP contribution is 2.22. The number of aliphatic hydroxyl groups excluding tert-OH is 1. The van der Waals surface area contributed by atoms with Crippen LogP contribution in [0.2, 0.25) is 0 Å². The zero-order valence-electron chi connectivity index (χ0n) is 9.10. The summed E-state index contributed by atoms with van der Waals surface area (Å²) in [6.45, 7) is 2.13. The molecule has 0 bridgehead atoms. The van der Waals surface area contributed by atoms with E-state index in [9.17, 15) is 0 Å². The Balaban J connectivity index is 2.20. The summed E-state index contributed by atoms with van der Waals surface area (Å²) in [6, 6.07) is 8.26. The Bertz CT molecular complexity index is 450. The standard InChI is InChI=1S/C12H14N2OS/c1-2-16-11-5-3-9(4-6-11)12-13-7-10(8-15)14-12/h3-7,15H,2,8H2,1H3,(H,13,14). The molecule has 3 nitrogen and oxygen atoms in total. The summed E-state index contributed by atoms with van der Waals surface area (Å²) in [5.41, 5.74) is 1.78. The smallest absolute Gasteiger partial charge is 0.137 e. The van der Waals surface area contributed by atoms with Gasteiger partial charge in [0.15, 0.2) is 0 Å². The van der Waals surface area contributed by atoms with E-state index < -0.39 is 0 Å². The van der Waals surface area contributed by atoms with Gasteiger partial charge >= 0.3 is 0 Å². The average Bonchev–Trinajstić information content (AvgIpc) is 2.79. The van der Waals surface area contributed by atoms with Crippen LogP contribution in [0.3, 0.4) is 0 Å². The minimum absolute atomic E-state index is 0.00320. The normalized spacial score (nSPS) is 10.6. The monoisotopic (exact) mass is 234 g/mol. The number of rotatable bonds is 4. The van der Waals surface area contributed by atoms with E-state index in [1.165, 1.54) is 4.90 Å². The quantitative estimate of drug-likeness (QED) is 0.800. The molecule has 2 N–H and O–H groups in total. The fourth-order valence-electron chi connectivity index (χ4n) is 1.46. The molecular formula is C12H14N2OS. The number of aromatic amines is 1. The van der Waals surface area contributed by atoms with Gasteiger partial charge in [-0.25, -0.2) is 4.98 Å². The number of nitrogens with one attached hydrogen (secondary N) is 1. The summed E-state index contributed by atoms with van der Waals surface area (Å²) in [5.74, 6) is 1.88. The number of hydrogen-bond donors (Lipinski definition) is 2. The van der Waals surface area contributed by atoms with E-state index in [2.05, 4.69) is 29.0 Å². The molecule has 2 rings (SSSR count). The molecule has 0 aliphatic heterocycles. The first-order chi connectivity index (χ1) is 7.83. The van der Waals surface area contributed by atoms with Crippen molar-refractivity contribution in [3.05, 3.63) is 36.2 Å². The van der Waals surface area contributed by atoms with Crippen LogP contribution in [-0.2, 0) is 6.61 Å². The van der Waals surface area contributed by atoms with Crippen LogP contribution in [0.15, 0.2) is 35.4 Å². The second-order valence-corrected chi connectivity index (χ2v) is 4.71. The van der Waals surface area contributed by atoms with Gasteiger partial charge in [0.2, 0.25) is 0 Å². The van der Waals surface area contributed by atoms with Crippen molar-refractivity contribution in [2.75, 3.05) is 5.75 Å². The fraction of sp³-hybridized carbons (Fsp3) is 0.250. The molecule has 1 aromatic carbocycles. The molecule has 0 aliphatic rings. The van der Waals surface area contributed by atoms with Gasteiger partial charge in [0.05, 0.1) is 18.5 Å². The highest BCUT2D eigenvalue weighted by Gasteiger charge is 2.02. The zero-order valence-corrected chi connectivity index (χ0v) is 9.92. The number of aromatic nitrogens is 2. The van der Waals surface area contributed by atoms with E-state index in [1.54, 1.807) is 6.20 Å². The third-order valence-electron chi connectivity index (χ3n) is 2.24. The maximum absolute atomic E-state index is 8.94. The average molecular weight is 234 g/mol. The predicted molar refractivity (Wildman–Crippen MR) is 66.3 cm³/mol. The molecule has 2 aromatic rings. The van der Waals surface area contributed by atoms with Gasteiger partial charge < -0.3 is 10.1 Å². The lowest BCUT2D eigenvalue weighted by atomic mass is 10.2. The Morgan fingerprint density at radius 1 is 1.31 bits per heavy atom. The van der Waals surface area contributed by atoms with Gasteiger partial charge in [0.25, 0.3) is 0 Å². The van der Waals surface area contributed by atoms with Crippen LogP contribution in [0.4, 0.5) is 0 Å². The van der Waals surface area contributed by atoms with Crippen molar-refractivity contribution in [1.29, 1.82) is 0 Å². The fourth-order valence-corrected chi connectivity index (χ4v) is 2.12. The summed E-state index contributed by atoms with van der Waals surface area (Å²) < 4.78 is 0. The summed E-state index contributed by atoms with van der Waals surface area (Å²) >= 11 is 1.82. The summed E-state index contributed by atoms with van der Waals surface area (Å²) in [7, 11) is 0. The van der Waals surface area contributed by atoms with Gasteiger partial charge in [-0.2, -0.15) is 0 Å². The van der Waals surface area contributed by atoms with E-state index in [0.717, 1.165) is 22.8 Å². The molecule has 0 saturated heterocycles. The predicted octanol–water partition coefficient (Wildman–Crippen LogP) is 2.68. The minimum Gasteiger partial charge on any atom is -0.390 e. The Hall–Kier alpha value is -1.26. The van der Waals surface area contributed by atoms with Crippen LogP contribution in [0.25, 0.3) is 11.4 Å². The Morgan fingerprint density at radius 2 is 2.06 bits per heavy atom. The first-order valence-corrected chi connectivity index (χ1v) is 6.20. The number of hydrogen-bond acceptors (Lipinski definition) is 3. The Kier molecular flexibility index (Phi) is 3.64. The maximum Gasteiger partial charge on any atom is 0.137 e. The Labute approximate surface area is 98.9 Å². The van der Waals surface area contributed by atoms with Crippen molar-refractivity contribution < 1.29 is 5.11 Å². The molecule has 4 heteroatoms. The van der Waals surface area contributed by atoms with Gasteiger partial charge in [0.1, 0.15) is 5.82 Å². The molecule has 0 aliphatic carbocycles. The molecule has 0 atom stereocenters. The molecule has 0 radical (unpaired) electrons. The van der Waals surface area contributed by atoms with Crippen LogP contribution in [0.1, 0.15) is 12.6 Å². The zero-order chi connectivity index (χ0) is 11.4. The molecule has 1 heterocycles. The van der Waals surface area contributed by atoms with Crippen molar-refractivity contribution >= 4 is 11.8 Å². The van der Waals surface area contributed by atoms with Crippen molar-refractivity contribution in [2.45, 2.75) is 18.4 Å².